The second-order valence-corrected chi connectivity index (χ2v) is 6.78. The van der Waals surface area contributed by atoms with E-state index in [1.165, 1.54) is 0 Å². The van der Waals surface area contributed by atoms with E-state index in [-0.39, 0.29) is 42.7 Å². The number of nitrogens with one attached hydrogen (secondary N) is 2. The molecule has 2 aromatic rings. The Hall–Kier alpha value is -2.19. The molecule has 0 aliphatic carbocycles. The van der Waals surface area contributed by atoms with E-state index in [2.05, 4.69) is 15.6 Å². The van der Waals surface area contributed by atoms with Crippen LogP contribution in [0.15, 0.2) is 48.8 Å². The van der Waals surface area contributed by atoms with E-state index in [0.717, 1.165) is 5.56 Å². The molecule has 0 bridgehead atoms. The number of amides is 2. The third-order valence-corrected chi connectivity index (χ3v) is 4.80. The Morgan fingerprint density at radius 2 is 1.66 bits per heavy atom. The number of ether oxygens (including phenoxy) is 1. The first-order chi connectivity index (χ1) is 13.0. The lowest BCUT2D eigenvalue weighted by atomic mass is 9.90. The fraction of sp³-hybridized carbons (Fsp3) is 0.350. The van der Waals surface area contributed by atoms with Gasteiger partial charge in [-0.15, -0.1) is 24.8 Å². The van der Waals surface area contributed by atoms with Gasteiger partial charge in [0.05, 0.1) is 11.6 Å². The molecule has 2 heterocycles. The first-order valence-electron chi connectivity index (χ1n) is 8.97. The summed E-state index contributed by atoms with van der Waals surface area (Å²) in [6, 6.07) is 10.5. The van der Waals surface area contributed by atoms with Crippen molar-refractivity contribution in [3.63, 3.8) is 0 Å². The molecule has 1 unspecified atom stereocenters. The lowest BCUT2D eigenvalue weighted by Crippen LogP contribution is -2.57. The van der Waals surface area contributed by atoms with Crippen molar-refractivity contribution in [1.82, 2.24) is 10.3 Å². The van der Waals surface area contributed by atoms with Gasteiger partial charge in [-0.2, -0.15) is 0 Å². The van der Waals surface area contributed by atoms with Gasteiger partial charge in [-0.05, 0) is 49.6 Å². The molecule has 1 atom stereocenters. The highest BCUT2D eigenvalue weighted by Crippen LogP contribution is 2.21. The number of carbonyl (C=O) groups is 2. The maximum Gasteiger partial charge on any atom is 0.255 e. The number of nitrogens with zero attached hydrogens (tertiary/aromatic N) is 1. The van der Waals surface area contributed by atoms with E-state index >= 15 is 0 Å². The Kier molecular flexibility index (Phi) is 9.52. The van der Waals surface area contributed by atoms with Crippen LogP contribution in [0.5, 0.6) is 0 Å². The number of hydrogen-bond acceptors (Lipinski definition) is 5. The number of nitrogens with two attached hydrogens (primary N) is 1. The van der Waals surface area contributed by atoms with Crippen molar-refractivity contribution in [2.75, 3.05) is 18.5 Å². The number of halogens is 2. The average Bonchev–Trinajstić information content (AvgIpc) is 2.69. The van der Waals surface area contributed by atoms with Gasteiger partial charge in [-0.25, -0.2) is 0 Å². The number of benzene rings is 1. The van der Waals surface area contributed by atoms with Crippen molar-refractivity contribution in [2.24, 2.45) is 5.73 Å². The van der Waals surface area contributed by atoms with E-state index < -0.39 is 5.54 Å². The Balaban J connectivity index is 0.00000210. The average molecular weight is 441 g/mol. The van der Waals surface area contributed by atoms with Crippen molar-refractivity contribution in [1.29, 1.82) is 0 Å². The molecule has 7 nitrogen and oxygen atoms in total. The quantitative estimate of drug-likeness (QED) is 0.662. The minimum absolute atomic E-state index is 0. The highest BCUT2D eigenvalue weighted by molar-refractivity contribution is 6.04. The van der Waals surface area contributed by atoms with Crippen molar-refractivity contribution in [2.45, 2.75) is 31.3 Å². The van der Waals surface area contributed by atoms with Gasteiger partial charge in [0.25, 0.3) is 5.91 Å². The molecule has 2 amide bonds. The van der Waals surface area contributed by atoms with Crippen LogP contribution in [0, 0.1) is 0 Å². The van der Waals surface area contributed by atoms with Gasteiger partial charge in [0.2, 0.25) is 5.91 Å². The predicted molar refractivity (Wildman–Crippen MR) is 117 cm³/mol. The molecule has 0 saturated carbocycles. The van der Waals surface area contributed by atoms with Gasteiger partial charge < -0.3 is 21.1 Å². The second kappa shape index (κ2) is 11.1. The number of rotatable bonds is 5. The van der Waals surface area contributed by atoms with Crippen molar-refractivity contribution in [3.8, 4) is 0 Å². The Morgan fingerprint density at radius 3 is 2.24 bits per heavy atom. The summed E-state index contributed by atoms with van der Waals surface area (Å²) in [6.07, 6.45) is 4.19. The van der Waals surface area contributed by atoms with Gasteiger partial charge >= 0.3 is 0 Å². The first-order valence-corrected chi connectivity index (χ1v) is 8.97. The first kappa shape index (κ1) is 24.8. The molecule has 1 aromatic carbocycles. The Bertz CT molecular complexity index is 797. The summed E-state index contributed by atoms with van der Waals surface area (Å²) in [6.45, 7) is 2.92. The molecule has 29 heavy (non-hydrogen) atoms. The van der Waals surface area contributed by atoms with Crippen LogP contribution in [-0.2, 0) is 9.53 Å². The van der Waals surface area contributed by atoms with Crippen molar-refractivity contribution in [3.05, 3.63) is 59.9 Å². The Labute approximate surface area is 182 Å². The maximum atomic E-state index is 12.5. The zero-order valence-electron chi connectivity index (χ0n) is 16.1. The number of aromatic nitrogens is 1. The van der Waals surface area contributed by atoms with Gasteiger partial charge in [-0.1, -0.05) is 12.1 Å². The molecule has 1 aliphatic heterocycles. The van der Waals surface area contributed by atoms with Gasteiger partial charge in [0.1, 0.15) is 0 Å². The summed E-state index contributed by atoms with van der Waals surface area (Å²) in [5.41, 5.74) is 7.50. The summed E-state index contributed by atoms with van der Waals surface area (Å²) in [4.78, 5) is 28.6. The highest BCUT2D eigenvalue weighted by atomic mass is 35.5. The molecule has 0 spiro atoms. The highest BCUT2D eigenvalue weighted by Gasteiger charge is 2.36. The van der Waals surface area contributed by atoms with Crippen LogP contribution in [0.25, 0.3) is 0 Å². The fourth-order valence-corrected chi connectivity index (χ4v) is 2.95. The number of anilines is 1. The molecule has 4 N–H and O–H groups in total. The SMILES string of the molecule is CC(NC(=O)C1(N)CCOCC1)c1ccc(NC(=O)c2ccncc2)cc1.Cl.Cl. The number of hydrogen-bond donors (Lipinski definition) is 3. The summed E-state index contributed by atoms with van der Waals surface area (Å²) < 4.78 is 5.28. The van der Waals surface area contributed by atoms with E-state index in [1.54, 1.807) is 24.5 Å². The third-order valence-electron chi connectivity index (χ3n) is 4.80. The third kappa shape index (κ3) is 6.40. The predicted octanol–water partition coefficient (Wildman–Crippen LogP) is 2.86. The maximum absolute atomic E-state index is 12.5. The van der Waals surface area contributed by atoms with Gasteiger partial charge in [0.15, 0.2) is 0 Å². The summed E-state index contributed by atoms with van der Waals surface area (Å²) in [5.74, 6) is -0.357. The standard InChI is InChI=1S/C20H24N4O3.2ClH/c1-14(23-19(26)20(21)8-12-27-13-9-20)15-2-4-17(5-3-15)24-18(25)16-6-10-22-11-7-16;;/h2-7,10-11,14H,8-9,12-13,21H2,1H3,(H,23,26)(H,24,25);2*1H. The molecule has 0 radical (unpaired) electrons. The molecule has 9 heteroatoms. The zero-order valence-corrected chi connectivity index (χ0v) is 17.7. The largest absolute Gasteiger partial charge is 0.381 e. The van der Waals surface area contributed by atoms with Crippen LogP contribution in [0.4, 0.5) is 5.69 Å². The van der Waals surface area contributed by atoms with E-state index in [9.17, 15) is 9.59 Å². The molecule has 3 rings (SSSR count). The van der Waals surface area contributed by atoms with Crippen molar-refractivity contribution < 1.29 is 14.3 Å². The lowest BCUT2D eigenvalue weighted by Gasteiger charge is -2.33. The van der Waals surface area contributed by atoms with Crippen molar-refractivity contribution >= 4 is 42.3 Å². The molecule has 1 fully saturated rings. The topological polar surface area (TPSA) is 106 Å². The van der Waals surface area contributed by atoms with E-state index in [4.69, 9.17) is 10.5 Å². The lowest BCUT2D eigenvalue weighted by molar-refractivity contribution is -0.130. The molecular weight excluding hydrogens is 415 g/mol. The monoisotopic (exact) mass is 440 g/mol. The van der Waals surface area contributed by atoms with E-state index in [0.29, 0.717) is 37.3 Å². The molecule has 1 saturated heterocycles. The van der Waals surface area contributed by atoms with Crippen LogP contribution in [0.2, 0.25) is 0 Å². The van der Waals surface area contributed by atoms with Crippen LogP contribution >= 0.6 is 24.8 Å². The van der Waals surface area contributed by atoms with Crippen LogP contribution in [0.1, 0.15) is 41.7 Å². The summed E-state index contributed by atoms with van der Waals surface area (Å²) >= 11 is 0. The van der Waals surface area contributed by atoms with Crippen LogP contribution < -0.4 is 16.4 Å². The Morgan fingerprint density at radius 1 is 1.07 bits per heavy atom. The fourth-order valence-electron chi connectivity index (χ4n) is 2.95. The minimum atomic E-state index is -0.870. The molecule has 1 aromatic heterocycles. The molecule has 158 valence electrons. The van der Waals surface area contributed by atoms with Crippen LogP contribution in [-0.4, -0.2) is 35.6 Å². The van der Waals surface area contributed by atoms with Gasteiger partial charge in [-0.3, -0.25) is 14.6 Å². The van der Waals surface area contributed by atoms with Gasteiger partial charge in [0, 0.05) is 36.9 Å². The normalized spacial score (nSPS) is 15.8. The second-order valence-electron chi connectivity index (χ2n) is 6.78. The minimum Gasteiger partial charge on any atom is -0.381 e. The van der Waals surface area contributed by atoms with Crippen LogP contribution in [0.3, 0.4) is 0 Å². The summed E-state index contributed by atoms with van der Waals surface area (Å²) in [7, 11) is 0. The zero-order chi connectivity index (χ0) is 19.3. The smallest absolute Gasteiger partial charge is 0.255 e. The molecular formula is C20H26Cl2N4O3. The summed E-state index contributed by atoms with van der Waals surface area (Å²) in [5, 5.41) is 5.81. The number of carbonyl (C=O) groups excluding carboxylic acids is 2. The van der Waals surface area contributed by atoms with E-state index in [1.807, 2.05) is 31.2 Å². The molecule has 1 aliphatic rings. The number of pyridine rings is 1.